The Morgan fingerprint density at radius 1 is 1.33 bits per heavy atom. The van der Waals surface area contributed by atoms with Gasteiger partial charge >= 0.3 is 11.9 Å². The Kier molecular flexibility index (Phi) is 4.36. The zero-order valence-corrected chi connectivity index (χ0v) is 9.58. The number of carbonyl (C=O) groups is 3. The smallest absolute Gasteiger partial charge is 0.326 e. The first-order valence-electron chi connectivity index (χ1n) is 5.09. The van der Waals surface area contributed by atoms with Crippen LogP contribution in [0.2, 0.25) is 0 Å². The number of aliphatic carboxylic acids is 2. The second kappa shape index (κ2) is 5.76. The monoisotopic (exact) mass is 252 g/mol. The molecule has 0 spiro atoms. The molecule has 0 aromatic carbocycles. The van der Waals surface area contributed by atoms with Crippen LogP contribution in [0.4, 0.5) is 0 Å². The fourth-order valence-electron chi connectivity index (χ4n) is 1.28. The Balaban J connectivity index is 2.78. The molecule has 1 heterocycles. The number of aromatic nitrogens is 1. The minimum Gasteiger partial charge on any atom is -0.481 e. The van der Waals surface area contributed by atoms with E-state index in [0.717, 1.165) is 0 Å². The summed E-state index contributed by atoms with van der Waals surface area (Å²) in [7, 11) is 0. The summed E-state index contributed by atoms with van der Waals surface area (Å²) in [6.07, 6.45) is -0.688. The summed E-state index contributed by atoms with van der Waals surface area (Å²) in [6.45, 7) is 1.68. The highest BCUT2D eigenvalue weighted by Gasteiger charge is 2.23. The topological polar surface area (TPSA) is 117 Å². The van der Waals surface area contributed by atoms with E-state index in [4.69, 9.17) is 10.2 Å². The van der Waals surface area contributed by atoms with Gasteiger partial charge in [-0.1, -0.05) is 6.07 Å². The van der Waals surface area contributed by atoms with E-state index >= 15 is 0 Å². The van der Waals surface area contributed by atoms with E-state index in [0.29, 0.717) is 5.69 Å². The number of pyridine rings is 1. The van der Waals surface area contributed by atoms with Crippen LogP contribution in [-0.4, -0.2) is 39.1 Å². The van der Waals surface area contributed by atoms with Gasteiger partial charge in [-0.25, -0.2) is 9.78 Å². The first-order valence-corrected chi connectivity index (χ1v) is 5.09. The van der Waals surface area contributed by atoms with Gasteiger partial charge in [0.05, 0.1) is 6.42 Å². The van der Waals surface area contributed by atoms with Crippen LogP contribution in [0, 0.1) is 6.92 Å². The lowest BCUT2D eigenvalue weighted by molar-refractivity contribution is -0.145. The highest BCUT2D eigenvalue weighted by Crippen LogP contribution is 2.00. The molecule has 18 heavy (non-hydrogen) atoms. The molecule has 0 aliphatic rings. The molecule has 1 atom stereocenters. The number of aryl methyl sites for hydroxylation is 1. The first-order chi connectivity index (χ1) is 8.40. The molecule has 0 bridgehead atoms. The number of carboxylic acids is 2. The molecule has 1 rings (SSSR count). The van der Waals surface area contributed by atoms with Crippen molar-refractivity contribution in [2.24, 2.45) is 0 Å². The number of nitrogens with one attached hydrogen (secondary N) is 1. The maximum atomic E-state index is 11.7. The van der Waals surface area contributed by atoms with E-state index in [2.05, 4.69) is 10.3 Å². The van der Waals surface area contributed by atoms with Crippen molar-refractivity contribution >= 4 is 17.8 Å². The van der Waals surface area contributed by atoms with Gasteiger partial charge in [0.2, 0.25) is 0 Å². The van der Waals surface area contributed by atoms with Crippen LogP contribution in [0.25, 0.3) is 0 Å². The van der Waals surface area contributed by atoms with Gasteiger partial charge in [0.25, 0.3) is 5.91 Å². The lowest BCUT2D eigenvalue weighted by Gasteiger charge is -2.11. The Bertz CT molecular complexity index is 486. The first kappa shape index (κ1) is 13.6. The third-order valence-electron chi connectivity index (χ3n) is 2.10. The van der Waals surface area contributed by atoms with Crippen LogP contribution in [0.5, 0.6) is 0 Å². The summed E-state index contributed by atoms with van der Waals surface area (Å²) in [6, 6.07) is 3.23. The molecule has 0 aliphatic carbocycles. The van der Waals surface area contributed by atoms with Gasteiger partial charge in [-0.15, -0.1) is 0 Å². The highest BCUT2D eigenvalue weighted by atomic mass is 16.4. The van der Waals surface area contributed by atoms with Crippen LogP contribution < -0.4 is 5.32 Å². The molecule has 7 heteroatoms. The number of amides is 1. The van der Waals surface area contributed by atoms with Crippen molar-refractivity contribution in [1.82, 2.24) is 10.3 Å². The number of nitrogens with zero attached hydrogens (tertiary/aromatic N) is 1. The summed E-state index contributed by atoms with van der Waals surface area (Å²) >= 11 is 0. The predicted octanol–water partition coefficient (Wildman–Crippen LogP) is 0.0477. The van der Waals surface area contributed by atoms with E-state index in [1.165, 1.54) is 6.07 Å². The average molecular weight is 252 g/mol. The molecule has 1 aromatic rings. The normalized spacial score (nSPS) is 11.6. The van der Waals surface area contributed by atoms with Crippen LogP contribution >= 0.6 is 0 Å². The quantitative estimate of drug-likeness (QED) is 0.681. The molecule has 0 saturated carbocycles. The average Bonchev–Trinajstić information content (AvgIpc) is 2.27. The maximum Gasteiger partial charge on any atom is 0.326 e. The molecule has 3 N–H and O–H groups in total. The van der Waals surface area contributed by atoms with Crippen LogP contribution in [-0.2, 0) is 9.59 Å². The number of carbonyl (C=O) groups excluding carboxylic acids is 1. The number of carboxylic acid groups (broad SMARTS) is 2. The van der Waals surface area contributed by atoms with Crippen molar-refractivity contribution in [3.63, 3.8) is 0 Å². The molecular formula is C11H12N2O5. The van der Waals surface area contributed by atoms with Crippen molar-refractivity contribution in [2.75, 3.05) is 0 Å². The summed E-state index contributed by atoms with van der Waals surface area (Å²) in [5.74, 6) is -3.43. The summed E-state index contributed by atoms with van der Waals surface area (Å²) < 4.78 is 0. The van der Waals surface area contributed by atoms with E-state index in [9.17, 15) is 14.4 Å². The van der Waals surface area contributed by atoms with Crippen molar-refractivity contribution in [1.29, 1.82) is 0 Å². The Morgan fingerprint density at radius 2 is 2.00 bits per heavy atom. The molecule has 0 unspecified atom stereocenters. The lowest BCUT2D eigenvalue weighted by Crippen LogP contribution is -2.42. The van der Waals surface area contributed by atoms with E-state index in [-0.39, 0.29) is 5.69 Å². The van der Waals surface area contributed by atoms with Crippen molar-refractivity contribution in [2.45, 2.75) is 19.4 Å². The summed E-state index contributed by atoms with van der Waals surface area (Å²) in [5.41, 5.74) is 0.652. The molecule has 0 fully saturated rings. The minimum absolute atomic E-state index is 0.0478. The summed E-state index contributed by atoms with van der Waals surface area (Å²) in [5, 5.41) is 19.4. The van der Waals surface area contributed by atoms with Crippen molar-refractivity contribution < 1.29 is 24.6 Å². The van der Waals surface area contributed by atoms with Gasteiger partial charge < -0.3 is 15.5 Å². The molecule has 96 valence electrons. The number of hydrogen-bond acceptors (Lipinski definition) is 4. The van der Waals surface area contributed by atoms with Gasteiger partial charge in [0.1, 0.15) is 11.7 Å². The van der Waals surface area contributed by atoms with Crippen LogP contribution in [0.15, 0.2) is 18.2 Å². The Morgan fingerprint density at radius 3 is 2.50 bits per heavy atom. The molecule has 0 saturated heterocycles. The standard InChI is InChI=1S/C11H12N2O5/c1-6-3-2-4-7(12-6)10(16)13-8(11(17)18)5-9(14)15/h2-4,8H,5H2,1H3,(H,13,16)(H,14,15)(H,17,18)/t8-/m1/s1. The summed E-state index contributed by atoms with van der Waals surface area (Å²) in [4.78, 5) is 36.8. The van der Waals surface area contributed by atoms with Gasteiger partial charge in [-0.3, -0.25) is 9.59 Å². The maximum absolute atomic E-state index is 11.7. The van der Waals surface area contributed by atoms with Crippen LogP contribution in [0.3, 0.4) is 0 Å². The van der Waals surface area contributed by atoms with Crippen LogP contribution in [0.1, 0.15) is 22.6 Å². The third-order valence-corrected chi connectivity index (χ3v) is 2.10. The molecule has 0 aliphatic heterocycles. The van der Waals surface area contributed by atoms with Crippen molar-refractivity contribution in [3.8, 4) is 0 Å². The van der Waals surface area contributed by atoms with Gasteiger partial charge in [0.15, 0.2) is 0 Å². The largest absolute Gasteiger partial charge is 0.481 e. The van der Waals surface area contributed by atoms with Gasteiger partial charge in [-0.2, -0.15) is 0 Å². The number of hydrogen-bond donors (Lipinski definition) is 3. The van der Waals surface area contributed by atoms with E-state index in [1.54, 1.807) is 19.1 Å². The Hall–Kier alpha value is -2.44. The van der Waals surface area contributed by atoms with Crippen molar-refractivity contribution in [3.05, 3.63) is 29.6 Å². The molecular weight excluding hydrogens is 240 g/mol. The lowest BCUT2D eigenvalue weighted by atomic mass is 10.2. The zero-order valence-electron chi connectivity index (χ0n) is 9.58. The van der Waals surface area contributed by atoms with E-state index < -0.39 is 30.3 Å². The highest BCUT2D eigenvalue weighted by molar-refractivity contribution is 5.95. The fourth-order valence-corrected chi connectivity index (χ4v) is 1.28. The third kappa shape index (κ3) is 3.85. The second-order valence-corrected chi connectivity index (χ2v) is 3.63. The molecule has 0 radical (unpaired) electrons. The number of rotatable bonds is 5. The zero-order chi connectivity index (χ0) is 13.7. The van der Waals surface area contributed by atoms with E-state index in [1.807, 2.05) is 0 Å². The minimum atomic E-state index is -1.47. The van der Waals surface area contributed by atoms with Gasteiger partial charge in [-0.05, 0) is 19.1 Å². The van der Waals surface area contributed by atoms with Gasteiger partial charge in [0, 0.05) is 5.69 Å². The molecule has 1 amide bonds. The SMILES string of the molecule is Cc1cccc(C(=O)N[C@H](CC(=O)O)C(=O)O)n1. The Labute approximate surface area is 102 Å². The molecule has 1 aromatic heterocycles. The second-order valence-electron chi connectivity index (χ2n) is 3.63. The predicted molar refractivity (Wildman–Crippen MR) is 60.1 cm³/mol. The fraction of sp³-hybridized carbons (Fsp3) is 0.273. The molecule has 7 nitrogen and oxygen atoms in total.